The summed E-state index contributed by atoms with van der Waals surface area (Å²) in [5.41, 5.74) is 11.3. The first-order valence-electron chi connectivity index (χ1n) is 15.8. The Bertz CT molecular complexity index is 383. The van der Waals surface area contributed by atoms with E-state index in [4.69, 9.17) is 11.5 Å². The number of aliphatic hydroxyl groups excluding tert-OH is 1. The van der Waals surface area contributed by atoms with Crippen LogP contribution in [0.2, 0.25) is 0 Å². The average molecular weight is 499 g/mol. The highest BCUT2D eigenvalue weighted by atomic mass is 16.3. The van der Waals surface area contributed by atoms with Crippen LogP contribution in [0.3, 0.4) is 0 Å². The SMILES string of the molecule is CCCCCCCCCCCCCCC(O)CN(CCCN)CCCCCCCCNCCCN. The number of rotatable bonds is 30. The van der Waals surface area contributed by atoms with Crippen LogP contribution in [0.1, 0.15) is 142 Å². The lowest BCUT2D eigenvalue weighted by Gasteiger charge is -2.25. The molecule has 35 heavy (non-hydrogen) atoms. The molecule has 1 unspecified atom stereocenters. The largest absolute Gasteiger partial charge is 0.392 e. The third kappa shape index (κ3) is 28.2. The second-order valence-electron chi connectivity index (χ2n) is 10.8. The zero-order valence-electron chi connectivity index (χ0n) is 23.9. The van der Waals surface area contributed by atoms with E-state index in [1.807, 2.05) is 0 Å². The molecule has 0 fully saturated rings. The molecule has 0 rings (SSSR count). The maximum Gasteiger partial charge on any atom is 0.0667 e. The predicted molar refractivity (Wildman–Crippen MR) is 156 cm³/mol. The predicted octanol–water partition coefficient (Wildman–Crippen LogP) is 6.37. The highest BCUT2D eigenvalue weighted by Gasteiger charge is 2.11. The minimum absolute atomic E-state index is 0.178. The number of nitrogens with two attached hydrogens (primary N) is 2. The van der Waals surface area contributed by atoms with Crippen molar-refractivity contribution in [1.29, 1.82) is 0 Å². The minimum Gasteiger partial charge on any atom is -0.392 e. The zero-order chi connectivity index (χ0) is 25.7. The molecule has 212 valence electrons. The molecule has 0 radical (unpaired) electrons. The Morgan fingerprint density at radius 1 is 0.571 bits per heavy atom. The molecule has 0 aliphatic heterocycles. The third-order valence-corrected chi connectivity index (χ3v) is 7.17. The van der Waals surface area contributed by atoms with Gasteiger partial charge in [-0.05, 0) is 71.4 Å². The standard InChI is InChI=1S/C30H66N4O/c1-2-3-4-5-6-7-8-9-10-11-14-17-22-30(35)29-34(28-21-24-32)27-19-16-13-12-15-18-25-33-26-20-23-31/h30,33,35H,2-29,31-32H2,1H3. The van der Waals surface area contributed by atoms with Gasteiger partial charge in [-0.25, -0.2) is 0 Å². The van der Waals surface area contributed by atoms with Gasteiger partial charge in [-0.1, -0.05) is 110 Å². The maximum atomic E-state index is 10.6. The molecular formula is C30H66N4O. The minimum atomic E-state index is -0.178. The Morgan fingerprint density at radius 3 is 1.60 bits per heavy atom. The van der Waals surface area contributed by atoms with Gasteiger partial charge < -0.3 is 26.8 Å². The van der Waals surface area contributed by atoms with E-state index in [1.54, 1.807) is 0 Å². The first-order chi connectivity index (χ1) is 17.2. The van der Waals surface area contributed by atoms with Gasteiger partial charge in [0.15, 0.2) is 0 Å². The van der Waals surface area contributed by atoms with Crippen LogP contribution in [0.4, 0.5) is 0 Å². The summed E-state index contributed by atoms with van der Waals surface area (Å²) in [5.74, 6) is 0. The van der Waals surface area contributed by atoms with Crippen LogP contribution < -0.4 is 16.8 Å². The topological polar surface area (TPSA) is 87.5 Å². The van der Waals surface area contributed by atoms with Crippen molar-refractivity contribution in [1.82, 2.24) is 10.2 Å². The van der Waals surface area contributed by atoms with Crippen molar-refractivity contribution >= 4 is 0 Å². The van der Waals surface area contributed by atoms with Gasteiger partial charge in [0.2, 0.25) is 0 Å². The number of nitrogens with one attached hydrogen (secondary N) is 1. The van der Waals surface area contributed by atoms with Gasteiger partial charge in [0.05, 0.1) is 6.10 Å². The van der Waals surface area contributed by atoms with Gasteiger partial charge in [0.1, 0.15) is 0 Å². The summed E-state index contributed by atoms with van der Waals surface area (Å²) < 4.78 is 0. The van der Waals surface area contributed by atoms with Crippen LogP contribution >= 0.6 is 0 Å². The molecule has 0 saturated carbocycles. The van der Waals surface area contributed by atoms with E-state index in [9.17, 15) is 5.11 Å². The molecule has 0 amide bonds. The van der Waals surface area contributed by atoms with E-state index in [-0.39, 0.29) is 6.10 Å². The van der Waals surface area contributed by atoms with Gasteiger partial charge in [0.25, 0.3) is 0 Å². The summed E-state index contributed by atoms with van der Waals surface area (Å²) in [7, 11) is 0. The number of nitrogens with zero attached hydrogens (tertiary/aromatic N) is 1. The second kappa shape index (κ2) is 30.0. The van der Waals surface area contributed by atoms with Crippen LogP contribution in [-0.2, 0) is 0 Å². The normalized spacial score (nSPS) is 12.6. The van der Waals surface area contributed by atoms with Crippen LogP contribution in [-0.4, -0.2) is 61.9 Å². The fraction of sp³-hybridized carbons (Fsp3) is 1.00. The number of hydrogen-bond donors (Lipinski definition) is 4. The summed E-state index contributed by atoms with van der Waals surface area (Å²) in [6.07, 6.45) is 27.1. The molecular weight excluding hydrogens is 432 g/mol. The van der Waals surface area contributed by atoms with E-state index in [0.29, 0.717) is 0 Å². The average Bonchev–Trinajstić information content (AvgIpc) is 2.86. The van der Waals surface area contributed by atoms with Crippen molar-refractivity contribution in [2.24, 2.45) is 11.5 Å². The quantitative estimate of drug-likeness (QED) is 0.0864. The van der Waals surface area contributed by atoms with E-state index < -0.39 is 0 Å². The van der Waals surface area contributed by atoms with Crippen molar-refractivity contribution in [3.05, 3.63) is 0 Å². The first-order valence-corrected chi connectivity index (χ1v) is 15.8. The maximum absolute atomic E-state index is 10.6. The molecule has 0 spiro atoms. The van der Waals surface area contributed by atoms with E-state index in [0.717, 1.165) is 65.1 Å². The zero-order valence-corrected chi connectivity index (χ0v) is 23.9. The molecule has 6 N–H and O–H groups in total. The third-order valence-electron chi connectivity index (χ3n) is 7.17. The smallest absolute Gasteiger partial charge is 0.0667 e. The Morgan fingerprint density at radius 2 is 1.03 bits per heavy atom. The number of unbranched alkanes of at least 4 members (excludes halogenated alkanes) is 16. The summed E-state index contributed by atoms with van der Waals surface area (Å²) in [6.45, 7) is 8.96. The van der Waals surface area contributed by atoms with Gasteiger partial charge in [-0.3, -0.25) is 0 Å². The highest BCUT2D eigenvalue weighted by molar-refractivity contribution is 4.66. The fourth-order valence-electron chi connectivity index (χ4n) is 4.86. The van der Waals surface area contributed by atoms with E-state index >= 15 is 0 Å². The van der Waals surface area contributed by atoms with Crippen molar-refractivity contribution < 1.29 is 5.11 Å². The Hall–Kier alpha value is -0.200. The molecule has 0 aromatic heterocycles. The van der Waals surface area contributed by atoms with Crippen LogP contribution in [0.25, 0.3) is 0 Å². The fourth-order valence-corrected chi connectivity index (χ4v) is 4.86. The van der Waals surface area contributed by atoms with Crippen molar-refractivity contribution in [2.75, 3.05) is 45.8 Å². The highest BCUT2D eigenvalue weighted by Crippen LogP contribution is 2.14. The van der Waals surface area contributed by atoms with E-state index in [2.05, 4.69) is 17.1 Å². The second-order valence-corrected chi connectivity index (χ2v) is 10.8. The van der Waals surface area contributed by atoms with Gasteiger partial charge in [-0.15, -0.1) is 0 Å². The van der Waals surface area contributed by atoms with Crippen molar-refractivity contribution in [3.8, 4) is 0 Å². The molecule has 5 heteroatoms. The Kier molecular flexibility index (Phi) is 29.9. The molecule has 1 atom stereocenters. The van der Waals surface area contributed by atoms with Crippen molar-refractivity contribution in [2.45, 2.75) is 148 Å². The van der Waals surface area contributed by atoms with Gasteiger partial charge >= 0.3 is 0 Å². The molecule has 5 nitrogen and oxygen atoms in total. The van der Waals surface area contributed by atoms with Gasteiger partial charge in [0, 0.05) is 6.54 Å². The first kappa shape index (κ1) is 34.8. The lowest BCUT2D eigenvalue weighted by molar-refractivity contribution is 0.101. The van der Waals surface area contributed by atoms with E-state index in [1.165, 1.54) is 116 Å². The van der Waals surface area contributed by atoms with Gasteiger partial charge in [-0.2, -0.15) is 0 Å². The summed E-state index contributed by atoms with van der Waals surface area (Å²) >= 11 is 0. The Labute approximate surface area is 220 Å². The monoisotopic (exact) mass is 499 g/mol. The molecule has 0 aromatic rings. The van der Waals surface area contributed by atoms with Crippen molar-refractivity contribution in [3.63, 3.8) is 0 Å². The Balaban J connectivity index is 3.64. The summed E-state index contributed by atoms with van der Waals surface area (Å²) in [4.78, 5) is 2.46. The molecule has 0 saturated heterocycles. The van der Waals surface area contributed by atoms with Crippen LogP contribution in [0, 0.1) is 0 Å². The van der Waals surface area contributed by atoms with Crippen LogP contribution in [0.5, 0.6) is 0 Å². The van der Waals surface area contributed by atoms with Crippen LogP contribution in [0.15, 0.2) is 0 Å². The molecule has 0 aromatic carbocycles. The lowest BCUT2D eigenvalue weighted by atomic mass is 10.0. The summed E-state index contributed by atoms with van der Waals surface area (Å²) in [5, 5.41) is 14.0. The summed E-state index contributed by atoms with van der Waals surface area (Å²) in [6, 6.07) is 0. The molecule has 0 bridgehead atoms. The molecule has 0 aliphatic rings. The molecule has 0 heterocycles. The lowest BCUT2D eigenvalue weighted by Crippen LogP contribution is -2.35. The number of aliphatic hydroxyl groups is 1. The molecule has 0 aliphatic carbocycles. The number of hydrogen-bond acceptors (Lipinski definition) is 5.